The van der Waals surface area contributed by atoms with Gasteiger partial charge in [0.05, 0.1) is 30.5 Å². The van der Waals surface area contributed by atoms with Crippen molar-refractivity contribution in [3.8, 4) is 0 Å². The molecule has 0 aliphatic carbocycles. The Morgan fingerprint density at radius 1 is 0.682 bits per heavy atom. The fraction of sp³-hybridized carbons (Fsp3) is 0.741. The van der Waals surface area contributed by atoms with Gasteiger partial charge in [0.25, 0.3) is 0 Å². The van der Waals surface area contributed by atoms with E-state index in [0.29, 0.717) is 25.8 Å². The maximum Gasteiger partial charge on any atom is 0.328 e. The molecule has 0 aliphatic rings. The van der Waals surface area contributed by atoms with Gasteiger partial charge in [-0.2, -0.15) is 0 Å². The van der Waals surface area contributed by atoms with Crippen LogP contribution < -0.4 is 10.6 Å². The lowest BCUT2D eigenvalue weighted by Crippen LogP contribution is -2.30. The second-order valence-corrected chi connectivity index (χ2v) is 12.5. The molecule has 0 rings (SSSR count). The third kappa shape index (κ3) is 21.3. The Morgan fingerprint density at radius 2 is 1.25 bits per heavy atom. The second kappa shape index (κ2) is 22.2. The number of carboxylic acids is 4. The van der Waals surface area contributed by atoms with E-state index in [1.807, 2.05) is 0 Å². The van der Waals surface area contributed by atoms with Crippen LogP contribution in [0.5, 0.6) is 0 Å². The summed E-state index contributed by atoms with van der Waals surface area (Å²) in [7, 11) is -4.41. The topological polar surface area (TPSA) is 271 Å². The lowest BCUT2D eigenvalue weighted by molar-refractivity contribution is -0.145. The van der Waals surface area contributed by atoms with Crippen LogP contribution in [0.3, 0.4) is 0 Å². The maximum absolute atomic E-state index is 12.3. The predicted molar refractivity (Wildman–Crippen MR) is 154 cm³/mol. The Balaban J connectivity index is 4.46. The molecule has 16 nitrogen and oxygen atoms in total. The van der Waals surface area contributed by atoms with E-state index in [2.05, 4.69) is 10.6 Å². The highest BCUT2D eigenvalue weighted by Crippen LogP contribution is 2.44. The minimum Gasteiger partial charge on any atom is -0.481 e. The van der Waals surface area contributed by atoms with Crippen LogP contribution in [0.15, 0.2) is 0 Å². The Kier molecular flexibility index (Phi) is 20.5. The number of ketones is 1. The summed E-state index contributed by atoms with van der Waals surface area (Å²) < 4.78 is 17.1. The number of carbonyl (C=O) groups is 7. The van der Waals surface area contributed by atoms with Crippen LogP contribution >= 0.6 is 7.60 Å². The zero-order valence-corrected chi connectivity index (χ0v) is 25.8. The molecule has 0 aliphatic heterocycles. The first-order valence-corrected chi connectivity index (χ1v) is 16.2. The Hall–Kier alpha value is -3.36. The molecule has 0 aromatic rings. The first-order valence-electron chi connectivity index (χ1n) is 14.4. The van der Waals surface area contributed by atoms with Gasteiger partial charge in [0.1, 0.15) is 5.78 Å². The van der Waals surface area contributed by atoms with Gasteiger partial charge in [0.15, 0.2) is 0 Å². The molecule has 2 unspecified atom stereocenters. The van der Waals surface area contributed by atoms with E-state index in [4.69, 9.17) is 14.7 Å². The number of carboxylic acid groups (broad SMARTS) is 4. The van der Waals surface area contributed by atoms with E-state index in [0.717, 1.165) is 0 Å². The van der Waals surface area contributed by atoms with Crippen molar-refractivity contribution in [2.75, 3.05) is 25.9 Å². The van der Waals surface area contributed by atoms with E-state index in [1.165, 1.54) is 6.92 Å². The summed E-state index contributed by atoms with van der Waals surface area (Å²) in [6.07, 6.45) is 0.236. The average Bonchev–Trinajstić information content (AvgIpc) is 2.91. The highest BCUT2D eigenvalue weighted by Gasteiger charge is 2.31. The number of unbranched alkanes of at least 4 members (excludes halogenated alkanes) is 2. The van der Waals surface area contributed by atoms with Crippen molar-refractivity contribution < 1.29 is 68.0 Å². The molecule has 0 heterocycles. The second-order valence-electron chi connectivity index (χ2n) is 10.6. The van der Waals surface area contributed by atoms with Crippen LogP contribution in [0, 0.1) is 17.8 Å². The molecule has 0 saturated carbocycles. The predicted octanol–water partition coefficient (Wildman–Crippen LogP) is 1.88. The fourth-order valence-electron chi connectivity index (χ4n) is 4.22. The smallest absolute Gasteiger partial charge is 0.328 e. The normalized spacial score (nSPS) is 14.4. The number of Topliss-reactive ketones (excluding diaryl/α,β-unsaturated/α-hetero) is 1. The number of aliphatic carboxylic acids is 4. The van der Waals surface area contributed by atoms with E-state index >= 15 is 0 Å². The molecular weight excluding hydrogens is 607 g/mol. The van der Waals surface area contributed by atoms with E-state index in [-0.39, 0.29) is 63.2 Å². The lowest BCUT2D eigenvalue weighted by Gasteiger charge is -2.17. The van der Waals surface area contributed by atoms with E-state index in [9.17, 15) is 53.2 Å². The summed E-state index contributed by atoms with van der Waals surface area (Å²) in [5.41, 5.74) is 0. The Bertz CT molecular complexity index is 1030. The van der Waals surface area contributed by atoms with Crippen molar-refractivity contribution in [3.63, 3.8) is 0 Å². The quantitative estimate of drug-likeness (QED) is 0.0493. The van der Waals surface area contributed by atoms with Crippen LogP contribution in [0.4, 0.5) is 0 Å². The maximum atomic E-state index is 12.3. The summed E-state index contributed by atoms with van der Waals surface area (Å²) in [6.45, 7) is 1.59. The summed E-state index contributed by atoms with van der Waals surface area (Å²) in [4.78, 5) is 90.2. The van der Waals surface area contributed by atoms with Gasteiger partial charge in [0, 0.05) is 45.7 Å². The summed E-state index contributed by atoms with van der Waals surface area (Å²) in [6, 6.07) is 0. The van der Waals surface area contributed by atoms with Gasteiger partial charge in [-0.25, -0.2) is 0 Å². The molecule has 17 heteroatoms. The first-order chi connectivity index (χ1) is 20.5. The molecule has 252 valence electrons. The van der Waals surface area contributed by atoms with Crippen LogP contribution in [0.25, 0.3) is 0 Å². The standard InChI is InChI=1S/C27H45N2O14P/c1-18(30)28-12-4-2-3-9-22(31)15-19(25(35)36)7-5-13-29-23(32)16-20(26(37)38)8-6-14-43-44(41,42)17-21(27(39)40)10-11-24(33)34/h19-21H,2-17H2,1H3,(H,28,30)(H,29,32)(H,33,34)(H,35,36)(H,37,38)(H,39,40)(H,41,42)/t19-,20-,21?/m1/s1. The van der Waals surface area contributed by atoms with Gasteiger partial charge < -0.3 is 40.5 Å². The number of amides is 2. The van der Waals surface area contributed by atoms with Crippen molar-refractivity contribution in [1.82, 2.24) is 10.6 Å². The summed E-state index contributed by atoms with van der Waals surface area (Å²) in [5, 5.41) is 41.9. The van der Waals surface area contributed by atoms with Crippen LogP contribution in [0.1, 0.15) is 84.0 Å². The Labute approximate surface area is 255 Å². The van der Waals surface area contributed by atoms with Gasteiger partial charge in [-0.1, -0.05) is 6.42 Å². The van der Waals surface area contributed by atoms with Gasteiger partial charge in [-0.3, -0.25) is 38.1 Å². The van der Waals surface area contributed by atoms with Gasteiger partial charge >= 0.3 is 31.5 Å². The molecule has 0 fully saturated rings. The minimum absolute atomic E-state index is 0.0364. The van der Waals surface area contributed by atoms with Crippen molar-refractivity contribution in [2.45, 2.75) is 84.0 Å². The molecule has 0 spiro atoms. The number of nitrogens with one attached hydrogen (secondary N) is 2. The third-order valence-corrected chi connectivity index (χ3v) is 8.15. The van der Waals surface area contributed by atoms with Crippen molar-refractivity contribution in [2.24, 2.45) is 17.8 Å². The fourth-order valence-corrected chi connectivity index (χ4v) is 5.64. The monoisotopic (exact) mass is 652 g/mol. The van der Waals surface area contributed by atoms with E-state index < -0.39 is 80.7 Å². The largest absolute Gasteiger partial charge is 0.481 e. The highest BCUT2D eigenvalue weighted by atomic mass is 31.2. The number of carbonyl (C=O) groups excluding carboxylic acids is 3. The highest BCUT2D eigenvalue weighted by molar-refractivity contribution is 7.52. The molecular formula is C27H45N2O14P. The summed E-state index contributed by atoms with van der Waals surface area (Å²) in [5.74, 6) is -9.53. The molecule has 0 radical (unpaired) electrons. The molecule has 2 amide bonds. The van der Waals surface area contributed by atoms with Crippen LogP contribution in [-0.4, -0.2) is 92.7 Å². The molecule has 0 aromatic carbocycles. The Morgan fingerprint density at radius 3 is 1.82 bits per heavy atom. The van der Waals surface area contributed by atoms with Crippen molar-refractivity contribution in [3.05, 3.63) is 0 Å². The number of hydrogen-bond acceptors (Lipinski definition) is 9. The molecule has 44 heavy (non-hydrogen) atoms. The van der Waals surface area contributed by atoms with Crippen LogP contribution in [0.2, 0.25) is 0 Å². The molecule has 0 saturated heterocycles. The average molecular weight is 653 g/mol. The number of hydrogen-bond donors (Lipinski definition) is 7. The SMILES string of the molecule is CC(=O)NCCCCCC(=O)C[C@@H](CCCNC(=O)C[C@@H](CCCOP(=O)(O)CC(CCC(=O)O)C(=O)O)C(=O)O)C(=O)O. The summed E-state index contributed by atoms with van der Waals surface area (Å²) >= 11 is 0. The number of rotatable bonds is 27. The van der Waals surface area contributed by atoms with E-state index in [1.54, 1.807) is 0 Å². The zero-order chi connectivity index (χ0) is 33.7. The minimum atomic E-state index is -4.41. The van der Waals surface area contributed by atoms with Crippen molar-refractivity contribution in [1.29, 1.82) is 0 Å². The first kappa shape index (κ1) is 40.6. The van der Waals surface area contributed by atoms with Crippen molar-refractivity contribution >= 4 is 49.1 Å². The van der Waals surface area contributed by atoms with Gasteiger partial charge in [-0.15, -0.1) is 0 Å². The molecule has 7 N–H and O–H groups in total. The molecule has 0 aromatic heterocycles. The third-order valence-electron chi connectivity index (χ3n) is 6.66. The molecule has 0 bridgehead atoms. The molecule has 4 atom stereocenters. The van der Waals surface area contributed by atoms with Crippen LogP contribution in [-0.2, 0) is 42.7 Å². The lowest BCUT2D eigenvalue weighted by atomic mass is 9.95. The van der Waals surface area contributed by atoms with Gasteiger partial charge in [0.2, 0.25) is 11.8 Å². The zero-order valence-electron chi connectivity index (χ0n) is 24.9. The van der Waals surface area contributed by atoms with Gasteiger partial charge in [-0.05, 0) is 44.9 Å².